The van der Waals surface area contributed by atoms with E-state index in [9.17, 15) is 0 Å². The van der Waals surface area contributed by atoms with Gasteiger partial charge in [0.1, 0.15) is 0 Å². The zero-order valence-electron chi connectivity index (χ0n) is 9.18. The largest absolute Gasteiger partial charge is 0.299 e. The van der Waals surface area contributed by atoms with Crippen molar-refractivity contribution in [3.63, 3.8) is 0 Å². The molecular formula is C11H21NS. The topological polar surface area (TPSA) is 23.9 Å². The number of thioether (sulfide) groups is 1. The third-order valence-corrected chi connectivity index (χ3v) is 3.24. The van der Waals surface area contributed by atoms with Crippen molar-refractivity contribution < 1.29 is 0 Å². The first-order valence-corrected chi connectivity index (χ1v) is 5.91. The van der Waals surface area contributed by atoms with Gasteiger partial charge < -0.3 is 0 Å². The van der Waals surface area contributed by atoms with Crippen LogP contribution in [0.25, 0.3) is 0 Å². The summed E-state index contributed by atoms with van der Waals surface area (Å²) in [5.41, 5.74) is 1.47. The Kier molecular flexibility index (Phi) is 7.06. The van der Waals surface area contributed by atoms with E-state index in [1.54, 1.807) is 11.8 Å². The molecule has 1 nitrogen and oxygen atoms in total. The molecule has 0 aliphatic heterocycles. The number of hydrogen-bond acceptors (Lipinski definition) is 2. The summed E-state index contributed by atoms with van der Waals surface area (Å²) in [7, 11) is 0. The Morgan fingerprint density at radius 2 is 2.08 bits per heavy atom. The zero-order valence-corrected chi connectivity index (χ0v) is 10.0. The molecule has 0 fully saturated rings. The van der Waals surface area contributed by atoms with Crippen molar-refractivity contribution in [1.29, 1.82) is 5.41 Å². The third-order valence-electron chi connectivity index (χ3n) is 2.24. The summed E-state index contributed by atoms with van der Waals surface area (Å²) in [5.74, 6) is 1.74. The van der Waals surface area contributed by atoms with Crippen LogP contribution in [0.15, 0.2) is 11.6 Å². The summed E-state index contributed by atoms with van der Waals surface area (Å²) in [4.78, 5) is 0. The van der Waals surface area contributed by atoms with Gasteiger partial charge >= 0.3 is 0 Å². The molecule has 0 saturated carbocycles. The smallest absolute Gasteiger partial charge is 0.0610 e. The number of hydrogen-bond donors (Lipinski definition) is 1. The molecule has 13 heavy (non-hydrogen) atoms. The molecule has 0 amide bonds. The summed E-state index contributed by atoms with van der Waals surface area (Å²) >= 11 is 1.67. The summed E-state index contributed by atoms with van der Waals surface area (Å²) in [6.45, 7) is 8.37. The Balaban J connectivity index is 4.02. The standard InChI is InChI=1S/C11H21NS/c1-5-7-11(9(3)6-2)8-13-10(4)12/h6,11-12H,5,7-8H2,1-4H3/b9-6+,12-10?. The first-order valence-electron chi connectivity index (χ1n) is 4.92. The second kappa shape index (κ2) is 7.19. The van der Waals surface area contributed by atoms with Crippen molar-refractivity contribution in [1.82, 2.24) is 0 Å². The van der Waals surface area contributed by atoms with Crippen LogP contribution in [-0.2, 0) is 0 Å². The van der Waals surface area contributed by atoms with Crippen LogP contribution in [0.5, 0.6) is 0 Å². The monoisotopic (exact) mass is 199 g/mol. The predicted octanol–water partition coefficient (Wildman–Crippen LogP) is 4.10. The summed E-state index contributed by atoms with van der Waals surface area (Å²) < 4.78 is 0. The van der Waals surface area contributed by atoms with E-state index in [2.05, 4.69) is 26.8 Å². The number of rotatable bonds is 5. The molecule has 1 N–H and O–H groups in total. The highest BCUT2D eigenvalue weighted by Crippen LogP contribution is 2.22. The molecule has 0 aliphatic carbocycles. The lowest BCUT2D eigenvalue weighted by Gasteiger charge is -2.15. The van der Waals surface area contributed by atoms with E-state index in [4.69, 9.17) is 5.41 Å². The molecule has 0 aromatic carbocycles. The molecule has 0 saturated heterocycles. The van der Waals surface area contributed by atoms with Crippen molar-refractivity contribution in [3.05, 3.63) is 11.6 Å². The van der Waals surface area contributed by atoms with E-state index in [0.717, 1.165) is 10.8 Å². The Labute approximate surface area is 86.5 Å². The first-order chi connectivity index (χ1) is 6.11. The van der Waals surface area contributed by atoms with E-state index in [-0.39, 0.29) is 0 Å². The predicted molar refractivity (Wildman–Crippen MR) is 63.7 cm³/mol. The maximum atomic E-state index is 7.36. The molecule has 0 aromatic heterocycles. The van der Waals surface area contributed by atoms with Gasteiger partial charge in [-0.2, -0.15) is 0 Å². The highest BCUT2D eigenvalue weighted by molar-refractivity contribution is 8.13. The molecule has 1 unspecified atom stereocenters. The highest BCUT2D eigenvalue weighted by atomic mass is 32.2. The molecule has 0 heterocycles. The van der Waals surface area contributed by atoms with Gasteiger partial charge in [0.2, 0.25) is 0 Å². The minimum atomic E-state index is 0.667. The van der Waals surface area contributed by atoms with Gasteiger partial charge in [0.05, 0.1) is 5.04 Å². The van der Waals surface area contributed by atoms with Gasteiger partial charge in [0, 0.05) is 5.75 Å². The lowest BCUT2D eigenvalue weighted by molar-refractivity contribution is 0.610. The van der Waals surface area contributed by atoms with E-state index < -0.39 is 0 Å². The van der Waals surface area contributed by atoms with Crippen LogP contribution in [0.2, 0.25) is 0 Å². The molecule has 0 spiro atoms. The van der Waals surface area contributed by atoms with E-state index in [1.807, 2.05) is 6.92 Å². The average molecular weight is 199 g/mol. The van der Waals surface area contributed by atoms with E-state index in [0.29, 0.717) is 5.92 Å². The number of allylic oxidation sites excluding steroid dienone is 2. The van der Waals surface area contributed by atoms with Crippen LogP contribution < -0.4 is 0 Å². The average Bonchev–Trinajstić information content (AvgIpc) is 2.10. The second-order valence-corrected chi connectivity index (χ2v) is 4.62. The maximum Gasteiger partial charge on any atom is 0.0610 e. The Hall–Kier alpha value is -0.240. The van der Waals surface area contributed by atoms with Gasteiger partial charge in [-0.3, -0.25) is 5.41 Å². The van der Waals surface area contributed by atoms with Gasteiger partial charge in [-0.1, -0.05) is 25.0 Å². The fourth-order valence-electron chi connectivity index (χ4n) is 1.25. The minimum absolute atomic E-state index is 0.667. The molecule has 0 aromatic rings. The summed E-state index contributed by atoms with van der Waals surface area (Å²) in [6.07, 6.45) is 4.67. The molecule has 0 aliphatic rings. The van der Waals surface area contributed by atoms with Crippen molar-refractivity contribution in [2.45, 2.75) is 40.5 Å². The van der Waals surface area contributed by atoms with Crippen LogP contribution in [0.3, 0.4) is 0 Å². The van der Waals surface area contributed by atoms with E-state index in [1.165, 1.54) is 18.4 Å². The lowest BCUT2D eigenvalue weighted by atomic mass is 9.97. The Bertz CT molecular complexity index is 185. The summed E-state index contributed by atoms with van der Waals surface area (Å²) in [5, 5.41) is 8.09. The summed E-state index contributed by atoms with van der Waals surface area (Å²) in [6, 6.07) is 0. The minimum Gasteiger partial charge on any atom is -0.299 e. The Morgan fingerprint density at radius 3 is 2.46 bits per heavy atom. The molecule has 0 rings (SSSR count). The van der Waals surface area contributed by atoms with Gasteiger partial charge in [-0.15, -0.1) is 11.8 Å². The molecule has 76 valence electrons. The van der Waals surface area contributed by atoms with Crippen LogP contribution in [-0.4, -0.2) is 10.8 Å². The van der Waals surface area contributed by atoms with Crippen LogP contribution in [0, 0.1) is 11.3 Å². The lowest BCUT2D eigenvalue weighted by Crippen LogP contribution is -2.06. The second-order valence-electron chi connectivity index (χ2n) is 3.39. The fourth-order valence-corrected chi connectivity index (χ4v) is 2.13. The molecular weight excluding hydrogens is 178 g/mol. The zero-order chi connectivity index (χ0) is 10.3. The highest BCUT2D eigenvalue weighted by Gasteiger charge is 2.09. The van der Waals surface area contributed by atoms with Crippen molar-refractivity contribution in [3.8, 4) is 0 Å². The molecule has 2 heteroatoms. The first kappa shape index (κ1) is 12.8. The van der Waals surface area contributed by atoms with Crippen LogP contribution >= 0.6 is 11.8 Å². The normalized spacial score (nSPS) is 14.3. The van der Waals surface area contributed by atoms with Crippen LogP contribution in [0.1, 0.15) is 40.5 Å². The quantitative estimate of drug-likeness (QED) is 0.402. The molecule has 0 bridgehead atoms. The van der Waals surface area contributed by atoms with Crippen molar-refractivity contribution in [2.24, 2.45) is 5.92 Å². The SMILES string of the molecule is C/C=C(\C)C(CCC)CSC(C)=N. The van der Waals surface area contributed by atoms with Gasteiger partial charge in [-0.25, -0.2) is 0 Å². The van der Waals surface area contributed by atoms with Gasteiger partial charge in [0.15, 0.2) is 0 Å². The van der Waals surface area contributed by atoms with E-state index >= 15 is 0 Å². The van der Waals surface area contributed by atoms with Crippen molar-refractivity contribution in [2.75, 3.05) is 5.75 Å². The van der Waals surface area contributed by atoms with Gasteiger partial charge in [0.25, 0.3) is 0 Å². The third kappa shape index (κ3) is 5.92. The van der Waals surface area contributed by atoms with Gasteiger partial charge in [-0.05, 0) is 33.1 Å². The van der Waals surface area contributed by atoms with Crippen LogP contribution in [0.4, 0.5) is 0 Å². The van der Waals surface area contributed by atoms with Crippen molar-refractivity contribution >= 4 is 16.8 Å². The Morgan fingerprint density at radius 1 is 1.46 bits per heavy atom. The fraction of sp³-hybridized carbons (Fsp3) is 0.727. The molecule has 1 atom stereocenters. The maximum absolute atomic E-state index is 7.36. The molecule has 0 radical (unpaired) electrons. The number of nitrogens with one attached hydrogen (secondary N) is 1.